The van der Waals surface area contributed by atoms with Gasteiger partial charge in [-0.15, -0.1) is 5.10 Å². The van der Waals surface area contributed by atoms with Crippen molar-refractivity contribution >= 4 is 46.3 Å². The third kappa shape index (κ3) is 3.03. The fourth-order valence-electron chi connectivity index (χ4n) is 1.63. The molecule has 0 saturated carbocycles. The number of benzene rings is 1. The second kappa shape index (κ2) is 6.39. The minimum Gasteiger partial charge on any atom is -0.494 e. The molecule has 8 heteroatoms. The first-order valence-corrected chi connectivity index (χ1v) is 7.25. The Bertz CT molecular complexity index is 622. The molecule has 1 heterocycles. The van der Waals surface area contributed by atoms with E-state index in [1.807, 2.05) is 6.92 Å². The summed E-state index contributed by atoms with van der Waals surface area (Å²) in [5.41, 5.74) is 1.15. The van der Waals surface area contributed by atoms with Gasteiger partial charge in [-0.1, -0.05) is 34.6 Å². The first kappa shape index (κ1) is 15.0. The summed E-state index contributed by atoms with van der Waals surface area (Å²) < 4.78 is 8.83. The lowest BCUT2D eigenvalue weighted by Gasteiger charge is -2.09. The van der Waals surface area contributed by atoms with Gasteiger partial charge >= 0.3 is 0 Å². The van der Waals surface area contributed by atoms with Gasteiger partial charge in [0.2, 0.25) is 0 Å². The zero-order valence-electron chi connectivity index (χ0n) is 10.7. The van der Waals surface area contributed by atoms with Crippen LogP contribution in [0.3, 0.4) is 0 Å². The van der Waals surface area contributed by atoms with Crippen molar-refractivity contribution in [3.05, 3.63) is 32.7 Å². The maximum Gasteiger partial charge on any atom is 0.269 e. The van der Waals surface area contributed by atoms with Crippen LogP contribution in [-0.4, -0.2) is 22.6 Å². The number of aromatic nitrogens is 2. The van der Waals surface area contributed by atoms with Crippen LogP contribution in [0.1, 0.15) is 22.3 Å². The molecule has 0 fully saturated rings. The van der Waals surface area contributed by atoms with E-state index in [1.54, 1.807) is 12.1 Å². The van der Waals surface area contributed by atoms with E-state index in [0.29, 0.717) is 38.5 Å². The van der Waals surface area contributed by atoms with E-state index < -0.39 is 0 Å². The highest BCUT2D eigenvalue weighted by molar-refractivity contribution is 7.08. The quantitative estimate of drug-likeness (QED) is 0.928. The fourth-order valence-corrected chi connectivity index (χ4v) is 2.91. The van der Waals surface area contributed by atoms with Gasteiger partial charge in [0.1, 0.15) is 4.88 Å². The van der Waals surface area contributed by atoms with Crippen molar-refractivity contribution in [3.8, 4) is 5.75 Å². The number of rotatable bonds is 4. The summed E-state index contributed by atoms with van der Waals surface area (Å²) in [6.07, 6.45) is 0.642. The summed E-state index contributed by atoms with van der Waals surface area (Å²) in [4.78, 5) is 12.6. The number of carbonyl (C=O) groups is 1. The summed E-state index contributed by atoms with van der Waals surface area (Å²) >= 11 is 13.1. The number of methoxy groups -OCH3 is 1. The monoisotopic (exact) mass is 331 g/mol. The van der Waals surface area contributed by atoms with Gasteiger partial charge in [0.25, 0.3) is 5.91 Å². The maximum absolute atomic E-state index is 12.1. The highest BCUT2D eigenvalue weighted by atomic mass is 35.5. The number of ether oxygens (including phenoxy) is 1. The van der Waals surface area contributed by atoms with E-state index >= 15 is 0 Å². The Morgan fingerprint density at radius 3 is 2.60 bits per heavy atom. The smallest absolute Gasteiger partial charge is 0.269 e. The first-order valence-electron chi connectivity index (χ1n) is 5.72. The molecular weight excluding hydrogens is 321 g/mol. The number of anilines is 1. The number of carbonyl (C=O) groups excluding carboxylic acids is 1. The number of amides is 1. The van der Waals surface area contributed by atoms with E-state index in [4.69, 9.17) is 27.9 Å². The minimum absolute atomic E-state index is 0.283. The van der Waals surface area contributed by atoms with Crippen molar-refractivity contribution < 1.29 is 9.53 Å². The van der Waals surface area contributed by atoms with Crippen LogP contribution in [0.15, 0.2) is 12.1 Å². The van der Waals surface area contributed by atoms with Crippen molar-refractivity contribution in [3.63, 3.8) is 0 Å². The molecule has 106 valence electrons. The molecule has 0 unspecified atom stereocenters. The molecule has 2 rings (SSSR count). The van der Waals surface area contributed by atoms with Crippen LogP contribution in [0, 0.1) is 0 Å². The van der Waals surface area contributed by atoms with Gasteiger partial charge in [-0.05, 0) is 30.1 Å². The number of nitrogens with one attached hydrogen (secondary N) is 1. The summed E-state index contributed by atoms with van der Waals surface area (Å²) in [6.45, 7) is 1.91. The molecule has 0 spiro atoms. The van der Waals surface area contributed by atoms with Gasteiger partial charge < -0.3 is 10.1 Å². The molecule has 0 radical (unpaired) electrons. The van der Waals surface area contributed by atoms with Gasteiger partial charge in [-0.3, -0.25) is 4.79 Å². The molecule has 0 aliphatic rings. The SMILES string of the molecule is CCc1nnsc1C(=O)Nc1cc(Cl)c(OC)c(Cl)c1. The Morgan fingerprint density at radius 1 is 1.40 bits per heavy atom. The zero-order chi connectivity index (χ0) is 14.7. The predicted molar refractivity (Wildman–Crippen MR) is 80.3 cm³/mol. The molecule has 0 aliphatic heterocycles. The number of hydrogen-bond donors (Lipinski definition) is 1. The van der Waals surface area contributed by atoms with E-state index in [2.05, 4.69) is 14.9 Å². The maximum atomic E-state index is 12.1. The molecule has 2 aromatic rings. The molecule has 0 atom stereocenters. The number of hydrogen-bond acceptors (Lipinski definition) is 5. The van der Waals surface area contributed by atoms with Crippen molar-refractivity contribution in [2.24, 2.45) is 0 Å². The average Bonchev–Trinajstić information content (AvgIpc) is 2.86. The van der Waals surface area contributed by atoms with Crippen LogP contribution in [0.25, 0.3) is 0 Å². The predicted octanol–water partition coefficient (Wildman–Crippen LogP) is 3.67. The Kier molecular flexibility index (Phi) is 4.80. The molecule has 1 amide bonds. The average molecular weight is 332 g/mol. The van der Waals surface area contributed by atoms with Crippen molar-refractivity contribution in [2.75, 3.05) is 12.4 Å². The zero-order valence-corrected chi connectivity index (χ0v) is 13.1. The Labute approximate surface area is 130 Å². The van der Waals surface area contributed by atoms with Crippen LogP contribution in [0.4, 0.5) is 5.69 Å². The molecule has 20 heavy (non-hydrogen) atoms. The lowest BCUT2D eigenvalue weighted by atomic mass is 10.2. The van der Waals surface area contributed by atoms with Gasteiger partial charge in [0.15, 0.2) is 5.75 Å². The highest BCUT2D eigenvalue weighted by Gasteiger charge is 2.16. The number of halogens is 2. The Balaban J connectivity index is 2.24. The fraction of sp³-hybridized carbons (Fsp3) is 0.250. The standard InChI is InChI=1S/C12H11Cl2N3O2S/c1-3-9-11(20-17-16-9)12(18)15-6-4-7(13)10(19-2)8(14)5-6/h4-5H,3H2,1-2H3,(H,15,18). The second-order valence-corrected chi connectivity index (χ2v) is 5.40. The van der Waals surface area contributed by atoms with E-state index in [0.717, 1.165) is 11.5 Å². The van der Waals surface area contributed by atoms with Crippen LogP contribution in [0.2, 0.25) is 10.0 Å². The van der Waals surface area contributed by atoms with E-state index in [9.17, 15) is 4.79 Å². The lowest BCUT2D eigenvalue weighted by molar-refractivity contribution is 0.102. The van der Waals surface area contributed by atoms with E-state index in [1.165, 1.54) is 7.11 Å². The highest BCUT2D eigenvalue weighted by Crippen LogP contribution is 2.35. The van der Waals surface area contributed by atoms with Crippen LogP contribution in [0.5, 0.6) is 5.75 Å². The molecule has 5 nitrogen and oxygen atoms in total. The van der Waals surface area contributed by atoms with Crippen LogP contribution in [-0.2, 0) is 6.42 Å². The van der Waals surface area contributed by atoms with Crippen molar-refractivity contribution in [2.45, 2.75) is 13.3 Å². The topological polar surface area (TPSA) is 64.1 Å². The van der Waals surface area contributed by atoms with Gasteiger partial charge in [-0.2, -0.15) is 0 Å². The molecular formula is C12H11Cl2N3O2S. The third-order valence-corrected chi connectivity index (χ3v) is 3.89. The lowest BCUT2D eigenvalue weighted by Crippen LogP contribution is -2.12. The number of nitrogens with zero attached hydrogens (tertiary/aromatic N) is 2. The Morgan fingerprint density at radius 2 is 2.05 bits per heavy atom. The summed E-state index contributed by atoms with van der Waals surface area (Å²) in [6, 6.07) is 3.15. The van der Waals surface area contributed by atoms with Crippen LogP contribution >= 0.6 is 34.7 Å². The van der Waals surface area contributed by atoms with E-state index in [-0.39, 0.29) is 5.91 Å². The van der Waals surface area contributed by atoms with Crippen LogP contribution < -0.4 is 10.1 Å². The van der Waals surface area contributed by atoms with Crippen molar-refractivity contribution in [1.29, 1.82) is 0 Å². The normalized spacial score (nSPS) is 10.4. The molecule has 0 bridgehead atoms. The third-order valence-electron chi connectivity index (χ3n) is 2.56. The number of aryl methyl sites for hydroxylation is 1. The first-order chi connectivity index (χ1) is 9.56. The summed E-state index contributed by atoms with van der Waals surface area (Å²) in [5, 5.41) is 7.27. The largest absolute Gasteiger partial charge is 0.494 e. The summed E-state index contributed by atoms with van der Waals surface area (Å²) in [7, 11) is 1.47. The molecule has 1 aromatic carbocycles. The second-order valence-electron chi connectivity index (χ2n) is 3.83. The van der Waals surface area contributed by atoms with Crippen molar-refractivity contribution in [1.82, 2.24) is 9.59 Å². The molecule has 1 aromatic heterocycles. The summed E-state index contributed by atoms with van der Waals surface area (Å²) in [5.74, 6) is 0.0918. The van der Waals surface area contributed by atoms with Gasteiger partial charge in [0, 0.05) is 5.69 Å². The molecule has 1 N–H and O–H groups in total. The molecule has 0 aliphatic carbocycles. The van der Waals surface area contributed by atoms with Gasteiger partial charge in [0.05, 0.1) is 22.8 Å². The molecule has 0 saturated heterocycles. The Hall–Kier alpha value is -1.37. The van der Waals surface area contributed by atoms with Gasteiger partial charge in [-0.25, -0.2) is 0 Å². The minimum atomic E-state index is -0.283.